The first-order valence-corrected chi connectivity index (χ1v) is 6.39. The summed E-state index contributed by atoms with van der Waals surface area (Å²) in [6.45, 7) is 5.52. The molecule has 0 saturated carbocycles. The Morgan fingerprint density at radius 2 is 1.71 bits per heavy atom. The van der Waals surface area contributed by atoms with Crippen LogP contribution in [0, 0.1) is 56.2 Å². The summed E-state index contributed by atoms with van der Waals surface area (Å²) in [5, 5.41) is 40.8. The van der Waals surface area contributed by atoms with Crippen molar-refractivity contribution in [3.05, 3.63) is 22.5 Å². The Morgan fingerprint density at radius 1 is 1.14 bits per heavy atom. The molecule has 2 aliphatic heterocycles. The van der Waals surface area contributed by atoms with Gasteiger partial charge in [-0.2, -0.15) is 21.0 Å². The topological polar surface area (TPSA) is 133 Å². The quantitative estimate of drug-likeness (QED) is 0.642. The van der Waals surface area contributed by atoms with Crippen LogP contribution in [0.3, 0.4) is 0 Å². The van der Waals surface area contributed by atoms with E-state index in [2.05, 4.69) is 11.4 Å². The largest absolute Gasteiger partial charge is 0.399 e. The number of allylic oxidation sites excluding steroid dienone is 2. The summed E-state index contributed by atoms with van der Waals surface area (Å²) in [6.07, 6.45) is 0.526. The normalized spacial score (nSPS) is 32.2. The molecule has 6 nitrogen and oxygen atoms in total. The van der Waals surface area contributed by atoms with Crippen LogP contribution in [-0.4, -0.2) is 5.54 Å². The lowest BCUT2D eigenvalue weighted by atomic mass is 9.48. The number of nitriles is 4. The smallest absolute Gasteiger partial charge is 0.150 e. The monoisotopic (exact) mass is 278 g/mol. The Balaban J connectivity index is 3.03. The van der Waals surface area contributed by atoms with Gasteiger partial charge in [0, 0.05) is 5.70 Å². The van der Waals surface area contributed by atoms with E-state index in [0.29, 0.717) is 12.1 Å². The van der Waals surface area contributed by atoms with Gasteiger partial charge in [-0.3, -0.25) is 0 Å². The molecule has 2 atom stereocenters. The van der Waals surface area contributed by atoms with Gasteiger partial charge in [0.1, 0.15) is 17.6 Å². The summed E-state index contributed by atoms with van der Waals surface area (Å²) < 4.78 is 0. The predicted octanol–water partition coefficient (Wildman–Crippen LogP) is 1.33. The SMILES string of the molecule is CC1(C)C[C@@]2(C)NC(=C(C#N)C#N)[C@@]1(C#N)C(C#N)=C2N. The van der Waals surface area contributed by atoms with Crippen LogP contribution in [0.15, 0.2) is 22.5 Å². The molecule has 104 valence electrons. The van der Waals surface area contributed by atoms with Gasteiger partial charge in [-0.15, -0.1) is 0 Å². The highest BCUT2D eigenvalue weighted by Gasteiger charge is 2.65. The van der Waals surface area contributed by atoms with Crippen molar-refractivity contribution in [1.29, 1.82) is 21.0 Å². The van der Waals surface area contributed by atoms with Crippen molar-refractivity contribution in [2.45, 2.75) is 32.7 Å². The van der Waals surface area contributed by atoms with E-state index >= 15 is 0 Å². The molecule has 0 amide bonds. The number of nitrogens with zero attached hydrogens (tertiary/aromatic N) is 4. The summed E-state index contributed by atoms with van der Waals surface area (Å²) in [5.74, 6) is 0. The molecule has 0 aromatic heterocycles. The van der Waals surface area contributed by atoms with Crippen molar-refractivity contribution in [2.75, 3.05) is 0 Å². The van der Waals surface area contributed by atoms with Crippen LogP contribution in [0.4, 0.5) is 0 Å². The molecule has 0 aromatic rings. The lowest BCUT2D eigenvalue weighted by Crippen LogP contribution is -2.66. The lowest BCUT2D eigenvalue weighted by molar-refractivity contribution is 0.0771. The standard InChI is InChI=1S/C15H14N6/c1-13(2)7-14(3)11(20)10(6-18)15(13,8-19)12(21-14)9(4-16)5-17/h21H,7,20H2,1-3H3/t14-,15-/m1/s1. The van der Waals surface area contributed by atoms with Gasteiger partial charge in [-0.1, -0.05) is 13.8 Å². The van der Waals surface area contributed by atoms with E-state index in [-0.39, 0.29) is 16.8 Å². The third-order valence-electron chi connectivity index (χ3n) is 4.58. The zero-order chi connectivity index (χ0) is 16.1. The van der Waals surface area contributed by atoms with Gasteiger partial charge in [0.05, 0.1) is 28.9 Å². The zero-order valence-electron chi connectivity index (χ0n) is 12.1. The number of hydrogen-bond acceptors (Lipinski definition) is 6. The van der Waals surface area contributed by atoms with Gasteiger partial charge in [0.25, 0.3) is 0 Å². The van der Waals surface area contributed by atoms with Crippen molar-refractivity contribution in [1.82, 2.24) is 5.32 Å². The second-order valence-corrected chi connectivity index (χ2v) is 6.25. The molecule has 0 radical (unpaired) electrons. The Hall–Kier alpha value is -2.96. The third-order valence-corrected chi connectivity index (χ3v) is 4.58. The summed E-state index contributed by atoms with van der Waals surface area (Å²) >= 11 is 0. The van der Waals surface area contributed by atoms with Crippen LogP contribution in [-0.2, 0) is 0 Å². The van der Waals surface area contributed by atoms with Gasteiger partial charge in [0.2, 0.25) is 0 Å². The predicted molar refractivity (Wildman–Crippen MR) is 73.1 cm³/mol. The van der Waals surface area contributed by atoms with Crippen molar-refractivity contribution < 1.29 is 0 Å². The zero-order valence-corrected chi connectivity index (χ0v) is 12.1. The first-order chi connectivity index (χ1) is 9.74. The molecule has 1 saturated heterocycles. The fraction of sp³-hybridized carbons (Fsp3) is 0.467. The van der Waals surface area contributed by atoms with E-state index in [4.69, 9.17) is 5.73 Å². The molecule has 21 heavy (non-hydrogen) atoms. The van der Waals surface area contributed by atoms with Gasteiger partial charge in [0.15, 0.2) is 5.57 Å². The Morgan fingerprint density at radius 3 is 2.14 bits per heavy atom. The maximum atomic E-state index is 9.83. The van der Waals surface area contributed by atoms with Crippen LogP contribution >= 0.6 is 0 Å². The molecule has 2 heterocycles. The highest BCUT2D eigenvalue weighted by molar-refractivity contribution is 5.62. The lowest BCUT2D eigenvalue weighted by Gasteiger charge is -2.59. The molecular weight excluding hydrogens is 264 g/mol. The second-order valence-electron chi connectivity index (χ2n) is 6.25. The molecule has 0 spiro atoms. The molecule has 3 N–H and O–H groups in total. The van der Waals surface area contributed by atoms with Crippen molar-refractivity contribution >= 4 is 0 Å². The van der Waals surface area contributed by atoms with E-state index in [9.17, 15) is 21.0 Å². The summed E-state index contributed by atoms with van der Waals surface area (Å²) in [5.41, 5.74) is 3.77. The average molecular weight is 278 g/mol. The van der Waals surface area contributed by atoms with E-state index in [0.717, 1.165) is 0 Å². The molecule has 6 heteroatoms. The van der Waals surface area contributed by atoms with Crippen molar-refractivity contribution in [3.8, 4) is 24.3 Å². The van der Waals surface area contributed by atoms with E-state index in [1.165, 1.54) is 0 Å². The van der Waals surface area contributed by atoms with Gasteiger partial charge >= 0.3 is 0 Å². The van der Waals surface area contributed by atoms with E-state index in [1.807, 2.05) is 39.0 Å². The number of rotatable bonds is 0. The minimum Gasteiger partial charge on any atom is -0.399 e. The summed E-state index contributed by atoms with van der Waals surface area (Å²) in [6, 6.07) is 7.81. The molecular formula is C15H14N6. The second kappa shape index (κ2) is 4.02. The number of fused-ring (bicyclic) bond motifs is 2. The molecule has 1 fully saturated rings. The van der Waals surface area contributed by atoms with Crippen LogP contribution < -0.4 is 11.1 Å². The van der Waals surface area contributed by atoms with Crippen molar-refractivity contribution in [3.63, 3.8) is 0 Å². The van der Waals surface area contributed by atoms with Gasteiger partial charge in [-0.25, -0.2) is 0 Å². The van der Waals surface area contributed by atoms with E-state index < -0.39 is 16.4 Å². The van der Waals surface area contributed by atoms with Crippen LogP contribution in [0.25, 0.3) is 0 Å². The number of nitrogens with one attached hydrogen (secondary N) is 1. The first-order valence-electron chi connectivity index (χ1n) is 6.39. The first kappa shape index (κ1) is 14.4. The highest BCUT2D eigenvalue weighted by atomic mass is 15.1. The minimum absolute atomic E-state index is 0.139. The van der Waals surface area contributed by atoms with Crippen LogP contribution in [0.5, 0.6) is 0 Å². The third kappa shape index (κ3) is 1.42. The molecule has 3 rings (SSSR count). The van der Waals surface area contributed by atoms with Gasteiger partial charge < -0.3 is 11.1 Å². The van der Waals surface area contributed by atoms with Gasteiger partial charge in [-0.05, 0) is 18.8 Å². The van der Waals surface area contributed by atoms with Crippen molar-refractivity contribution in [2.24, 2.45) is 16.6 Å². The average Bonchev–Trinajstić information content (AvgIpc) is 2.41. The number of piperidine rings is 1. The Kier molecular flexibility index (Phi) is 2.76. The molecule has 2 bridgehead atoms. The van der Waals surface area contributed by atoms with E-state index in [1.54, 1.807) is 0 Å². The fourth-order valence-electron chi connectivity index (χ4n) is 3.67. The van der Waals surface area contributed by atoms with Crippen LogP contribution in [0.1, 0.15) is 27.2 Å². The molecule has 3 aliphatic rings. The number of nitrogens with two attached hydrogens (primary N) is 1. The minimum atomic E-state index is -1.40. The summed E-state index contributed by atoms with van der Waals surface area (Å²) in [7, 11) is 0. The Labute approximate surface area is 123 Å². The molecule has 0 aromatic carbocycles. The molecule has 1 aliphatic carbocycles. The Bertz CT molecular complexity index is 742. The fourth-order valence-corrected chi connectivity index (χ4v) is 3.67. The summed E-state index contributed by atoms with van der Waals surface area (Å²) in [4.78, 5) is 0. The molecule has 0 unspecified atom stereocenters. The maximum Gasteiger partial charge on any atom is 0.150 e. The van der Waals surface area contributed by atoms with Crippen LogP contribution in [0.2, 0.25) is 0 Å². The number of hydrogen-bond donors (Lipinski definition) is 2. The highest BCUT2D eigenvalue weighted by Crippen LogP contribution is 2.62. The maximum absolute atomic E-state index is 9.83.